The zero-order valence-corrected chi connectivity index (χ0v) is 8.25. The van der Waals surface area contributed by atoms with E-state index in [-0.39, 0.29) is 12.0 Å². The van der Waals surface area contributed by atoms with Crippen LogP contribution in [0.15, 0.2) is 4.99 Å². The smallest absolute Gasteiger partial charge is 0.186 e. The van der Waals surface area contributed by atoms with Gasteiger partial charge in [0.15, 0.2) is 5.96 Å². The molecule has 0 radical (unpaired) electrons. The largest absolute Gasteiger partial charge is 0.370 e. The van der Waals surface area contributed by atoms with Crippen LogP contribution in [-0.2, 0) is 0 Å². The minimum Gasteiger partial charge on any atom is -0.370 e. The van der Waals surface area contributed by atoms with E-state index in [4.69, 9.17) is 11.5 Å². The van der Waals surface area contributed by atoms with Crippen molar-refractivity contribution in [2.45, 2.75) is 26.8 Å². The lowest BCUT2D eigenvalue weighted by molar-refractivity contribution is 0.289. The van der Waals surface area contributed by atoms with Crippen LogP contribution >= 0.6 is 0 Å². The topological polar surface area (TPSA) is 67.6 Å². The molecular formula is C8H20N4. The Bertz CT molecular complexity index is 136. The van der Waals surface area contributed by atoms with Gasteiger partial charge >= 0.3 is 0 Å². The van der Waals surface area contributed by atoms with Gasteiger partial charge in [0.1, 0.15) is 0 Å². The van der Waals surface area contributed by atoms with Gasteiger partial charge in [-0.25, -0.2) is 4.99 Å². The summed E-state index contributed by atoms with van der Waals surface area (Å²) < 4.78 is 0. The zero-order valence-electron chi connectivity index (χ0n) is 8.25. The molecule has 0 amide bonds. The maximum absolute atomic E-state index is 5.26. The predicted molar refractivity (Wildman–Crippen MR) is 53.1 cm³/mol. The zero-order chi connectivity index (χ0) is 9.56. The Balaban J connectivity index is 3.81. The molecule has 12 heavy (non-hydrogen) atoms. The highest BCUT2D eigenvalue weighted by atomic mass is 15.1. The molecule has 4 heteroatoms. The van der Waals surface area contributed by atoms with Crippen molar-refractivity contribution in [1.29, 1.82) is 0 Å². The Morgan fingerprint density at radius 3 is 2.17 bits per heavy atom. The van der Waals surface area contributed by atoms with Gasteiger partial charge in [0, 0.05) is 6.54 Å². The number of likely N-dealkylation sites (N-methyl/N-ethyl adjacent to an activating group) is 1. The fourth-order valence-electron chi connectivity index (χ4n) is 1.15. The molecule has 0 spiro atoms. The normalized spacial score (nSPS) is 13.0. The van der Waals surface area contributed by atoms with Gasteiger partial charge in [-0.15, -0.1) is 0 Å². The summed E-state index contributed by atoms with van der Waals surface area (Å²) in [6.45, 7) is 9.28. The molecule has 0 aliphatic carbocycles. The second kappa shape index (κ2) is 5.83. The number of rotatable bonds is 5. The summed E-state index contributed by atoms with van der Waals surface area (Å²) >= 11 is 0. The van der Waals surface area contributed by atoms with Crippen molar-refractivity contribution in [2.24, 2.45) is 16.5 Å². The van der Waals surface area contributed by atoms with Crippen LogP contribution in [0.5, 0.6) is 0 Å². The number of nitrogens with zero attached hydrogens (tertiary/aromatic N) is 2. The lowest BCUT2D eigenvalue weighted by Gasteiger charge is -2.20. The van der Waals surface area contributed by atoms with Crippen molar-refractivity contribution in [1.82, 2.24) is 4.90 Å². The van der Waals surface area contributed by atoms with Crippen LogP contribution in [0.25, 0.3) is 0 Å². The van der Waals surface area contributed by atoms with Crippen LogP contribution in [0, 0.1) is 0 Å². The van der Waals surface area contributed by atoms with Crippen LogP contribution in [0.3, 0.4) is 0 Å². The number of guanidine groups is 1. The van der Waals surface area contributed by atoms with Crippen molar-refractivity contribution < 1.29 is 0 Å². The van der Waals surface area contributed by atoms with E-state index in [1.54, 1.807) is 0 Å². The van der Waals surface area contributed by atoms with Gasteiger partial charge in [-0.05, 0) is 20.0 Å². The lowest BCUT2D eigenvalue weighted by Crippen LogP contribution is -2.32. The minimum atomic E-state index is 0.176. The second-order valence-corrected chi connectivity index (χ2v) is 2.89. The highest BCUT2D eigenvalue weighted by molar-refractivity contribution is 5.75. The van der Waals surface area contributed by atoms with Crippen molar-refractivity contribution in [2.75, 3.05) is 19.6 Å². The van der Waals surface area contributed by atoms with Gasteiger partial charge < -0.3 is 16.4 Å². The highest BCUT2D eigenvalue weighted by Crippen LogP contribution is 1.94. The van der Waals surface area contributed by atoms with Crippen molar-refractivity contribution in [3.05, 3.63) is 0 Å². The van der Waals surface area contributed by atoms with Gasteiger partial charge in [-0.3, -0.25) is 0 Å². The van der Waals surface area contributed by atoms with E-state index >= 15 is 0 Å². The summed E-state index contributed by atoms with van der Waals surface area (Å²) in [6, 6.07) is 0.190. The van der Waals surface area contributed by atoms with Gasteiger partial charge in [0.05, 0.1) is 6.04 Å². The Kier molecular flexibility index (Phi) is 5.45. The molecule has 1 unspecified atom stereocenters. The van der Waals surface area contributed by atoms with Gasteiger partial charge in [0.25, 0.3) is 0 Å². The van der Waals surface area contributed by atoms with Crippen LogP contribution < -0.4 is 11.5 Å². The molecule has 72 valence electrons. The fourth-order valence-corrected chi connectivity index (χ4v) is 1.15. The quantitative estimate of drug-likeness (QED) is 0.453. The van der Waals surface area contributed by atoms with E-state index in [0.717, 1.165) is 19.6 Å². The van der Waals surface area contributed by atoms with Crippen LogP contribution in [0.4, 0.5) is 0 Å². The first-order valence-corrected chi connectivity index (χ1v) is 4.41. The fraction of sp³-hybridized carbons (Fsp3) is 0.875. The molecular weight excluding hydrogens is 152 g/mol. The Morgan fingerprint density at radius 1 is 1.33 bits per heavy atom. The van der Waals surface area contributed by atoms with Crippen LogP contribution in [-0.4, -0.2) is 36.5 Å². The molecule has 0 aliphatic rings. The molecule has 0 aromatic carbocycles. The molecule has 4 nitrogen and oxygen atoms in total. The summed E-state index contributed by atoms with van der Waals surface area (Å²) in [5.41, 5.74) is 10.5. The summed E-state index contributed by atoms with van der Waals surface area (Å²) in [7, 11) is 0. The molecule has 1 atom stereocenters. The van der Waals surface area contributed by atoms with E-state index in [9.17, 15) is 0 Å². The van der Waals surface area contributed by atoms with Crippen molar-refractivity contribution in [3.8, 4) is 0 Å². The molecule has 0 fully saturated rings. The van der Waals surface area contributed by atoms with E-state index < -0.39 is 0 Å². The first-order chi connectivity index (χ1) is 5.60. The highest BCUT2D eigenvalue weighted by Gasteiger charge is 2.04. The van der Waals surface area contributed by atoms with Crippen molar-refractivity contribution in [3.63, 3.8) is 0 Å². The van der Waals surface area contributed by atoms with Crippen LogP contribution in [0.2, 0.25) is 0 Å². The summed E-state index contributed by atoms with van der Waals surface area (Å²) in [5, 5.41) is 0. The summed E-state index contributed by atoms with van der Waals surface area (Å²) in [5.74, 6) is 0.176. The predicted octanol–water partition coefficient (Wildman–Crippen LogP) is -0.00990. The first-order valence-electron chi connectivity index (χ1n) is 4.41. The molecule has 0 rings (SSSR count). The monoisotopic (exact) mass is 172 g/mol. The lowest BCUT2D eigenvalue weighted by atomic mass is 10.3. The average Bonchev–Trinajstić information content (AvgIpc) is 1.98. The van der Waals surface area contributed by atoms with E-state index in [0.29, 0.717) is 0 Å². The molecule has 0 saturated carbocycles. The number of nitrogens with two attached hydrogens (primary N) is 2. The maximum Gasteiger partial charge on any atom is 0.186 e. The van der Waals surface area contributed by atoms with E-state index in [1.807, 2.05) is 6.92 Å². The third-order valence-electron chi connectivity index (χ3n) is 1.79. The molecule has 4 N–H and O–H groups in total. The molecule has 0 aromatic rings. The number of hydrogen-bond donors (Lipinski definition) is 2. The molecule has 0 heterocycles. The Labute approximate surface area is 74.6 Å². The maximum atomic E-state index is 5.26. The molecule has 0 saturated heterocycles. The van der Waals surface area contributed by atoms with Gasteiger partial charge in [-0.1, -0.05) is 13.8 Å². The van der Waals surface area contributed by atoms with E-state index in [2.05, 4.69) is 23.7 Å². The van der Waals surface area contributed by atoms with Crippen LogP contribution in [0.1, 0.15) is 20.8 Å². The summed E-state index contributed by atoms with van der Waals surface area (Å²) in [4.78, 5) is 6.33. The minimum absolute atomic E-state index is 0.176. The number of hydrogen-bond acceptors (Lipinski definition) is 2. The third kappa shape index (κ3) is 4.96. The average molecular weight is 172 g/mol. The third-order valence-corrected chi connectivity index (χ3v) is 1.79. The SMILES string of the molecule is CCN(CC)CC(C)N=C(N)N. The van der Waals surface area contributed by atoms with Crippen molar-refractivity contribution >= 4 is 5.96 Å². The molecule has 0 bridgehead atoms. The van der Waals surface area contributed by atoms with Gasteiger partial charge in [-0.2, -0.15) is 0 Å². The van der Waals surface area contributed by atoms with Gasteiger partial charge in [0.2, 0.25) is 0 Å². The Morgan fingerprint density at radius 2 is 1.83 bits per heavy atom. The molecule has 0 aliphatic heterocycles. The second-order valence-electron chi connectivity index (χ2n) is 2.89. The standard InChI is InChI=1S/C8H20N4/c1-4-12(5-2)6-7(3)11-8(9)10/h7H,4-6H2,1-3H3,(H4,9,10,11). The number of aliphatic imine (C=N–C) groups is 1. The van der Waals surface area contributed by atoms with E-state index in [1.165, 1.54) is 0 Å². The molecule has 0 aromatic heterocycles. The first kappa shape index (κ1) is 11.2. The summed E-state index contributed by atoms with van der Waals surface area (Å²) in [6.07, 6.45) is 0. The Hall–Kier alpha value is -0.770.